The van der Waals surface area contributed by atoms with E-state index in [9.17, 15) is 13.2 Å². The summed E-state index contributed by atoms with van der Waals surface area (Å²) in [4.78, 5) is 14.4. The van der Waals surface area contributed by atoms with Crippen molar-refractivity contribution in [2.24, 2.45) is 5.14 Å². The first kappa shape index (κ1) is 15.0. The van der Waals surface area contributed by atoms with Crippen molar-refractivity contribution < 1.29 is 13.2 Å². The third-order valence-electron chi connectivity index (χ3n) is 3.87. The highest BCUT2D eigenvalue weighted by atomic mass is 32.2. The molecule has 1 heterocycles. The number of rotatable bonds is 2. The number of aryl methyl sites for hydroxylation is 2. The molecule has 0 aromatic heterocycles. The molecule has 1 amide bonds. The third-order valence-corrected chi connectivity index (χ3v) is 4.93. The van der Waals surface area contributed by atoms with Gasteiger partial charge in [-0.15, -0.1) is 0 Å². The average molecular weight is 296 g/mol. The van der Waals surface area contributed by atoms with Gasteiger partial charge in [0.15, 0.2) is 0 Å². The summed E-state index contributed by atoms with van der Waals surface area (Å²) in [6, 6.07) is 3.31. The summed E-state index contributed by atoms with van der Waals surface area (Å²) in [7, 11) is -3.81. The van der Waals surface area contributed by atoms with Crippen LogP contribution in [0, 0.1) is 13.8 Å². The van der Waals surface area contributed by atoms with Gasteiger partial charge in [0.2, 0.25) is 10.0 Å². The molecule has 1 aliphatic rings. The molecule has 2 N–H and O–H groups in total. The normalized spacial score (nSPS) is 19.4. The number of hydrogen-bond donors (Lipinski definition) is 1. The van der Waals surface area contributed by atoms with Gasteiger partial charge in [0, 0.05) is 18.2 Å². The topological polar surface area (TPSA) is 80.5 Å². The SMILES string of the molecule is Cc1cc(C)c(S(N)(=O)=O)cc1C(=O)N1CCCC1C. The monoisotopic (exact) mass is 296 g/mol. The number of amides is 1. The van der Waals surface area contributed by atoms with Crippen LogP contribution in [0.4, 0.5) is 0 Å². The summed E-state index contributed by atoms with van der Waals surface area (Å²) in [6.07, 6.45) is 1.97. The number of likely N-dealkylation sites (tertiary alicyclic amines) is 1. The second-order valence-corrected chi connectivity index (χ2v) is 7.00. The van der Waals surface area contributed by atoms with Gasteiger partial charge in [0.1, 0.15) is 0 Å². The van der Waals surface area contributed by atoms with E-state index < -0.39 is 10.0 Å². The molecule has 6 heteroatoms. The summed E-state index contributed by atoms with van der Waals surface area (Å²) >= 11 is 0. The highest BCUT2D eigenvalue weighted by molar-refractivity contribution is 7.89. The molecule has 2 rings (SSSR count). The largest absolute Gasteiger partial charge is 0.336 e. The molecule has 20 heavy (non-hydrogen) atoms. The molecule has 1 atom stereocenters. The molecule has 1 fully saturated rings. The van der Waals surface area contributed by atoms with E-state index in [-0.39, 0.29) is 16.8 Å². The van der Waals surface area contributed by atoms with Gasteiger partial charge in [0.25, 0.3) is 5.91 Å². The van der Waals surface area contributed by atoms with Gasteiger partial charge in [-0.1, -0.05) is 6.07 Å². The van der Waals surface area contributed by atoms with Gasteiger partial charge < -0.3 is 4.90 Å². The van der Waals surface area contributed by atoms with Crippen LogP contribution in [0.25, 0.3) is 0 Å². The summed E-state index contributed by atoms with van der Waals surface area (Å²) in [6.45, 7) is 6.22. The minimum Gasteiger partial charge on any atom is -0.336 e. The molecule has 5 nitrogen and oxygen atoms in total. The van der Waals surface area contributed by atoms with E-state index in [2.05, 4.69) is 0 Å². The number of carbonyl (C=O) groups excluding carboxylic acids is 1. The van der Waals surface area contributed by atoms with Crippen molar-refractivity contribution in [3.63, 3.8) is 0 Å². The summed E-state index contributed by atoms with van der Waals surface area (Å²) in [5.74, 6) is -0.114. The number of nitrogens with zero attached hydrogens (tertiary/aromatic N) is 1. The van der Waals surface area contributed by atoms with Crippen molar-refractivity contribution in [2.45, 2.75) is 44.6 Å². The van der Waals surface area contributed by atoms with E-state index in [1.807, 2.05) is 13.8 Å². The molecule has 110 valence electrons. The highest BCUT2D eigenvalue weighted by Gasteiger charge is 2.28. The van der Waals surface area contributed by atoms with Gasteiger partial charge in [-0.3, -0.25) is 4.79 Å². The van der Waals surface area contributed by atoms with Gasteiger partial charge in [-0.25, -0.2) is 13.6 Å². The Bertz CT molecular complexity index is 653. The number of primary sulfonamides is 1. The highest BCUT2D eigenvalue weighted by Crippen LogP contribution is 2.24. The Morgan fingerprint density at radius 1 is 1.30 bits per heavy atom. The molecule has 0 aliphatic carbocycles. The number of hydrogen-bond acceptors (Lipinski definition) is 3. The Balaban J connectivity index is 2.49. The predicted octanol–water partition coefficient (Wildman–Crippen LogP) is 1.58. The summed E-state index contributed by atoms with van der Waals surface area (Å²) in [5.41, 5.74) is 1.77. The van der Waals surface area contributed by atoms with Crippen molar-refractivity contribution in [3.05, 3.63) is 28.8 Å². The zero-order valence-electron chi connectivity index (χ0n) is 12.0. The number of sulfonamides is 1. The second kappa shape index (κ2) is 5.18. The summed E-state index contributed by atoms with van der Waals surface area (Å²) in [5, 5.41) is 5.20. The van der Waals surface area contributed by atoms with Crippen molar-refractivity contribution in [2.75, 3.05) is 6.54 Å². The summed E-state index contributed by atoms with van der Waals surface area (Å²) < 4.78 is 23.2. The van der Waals surface area contributed by atoms with E-state index in [1.165, 1.54) is 6.07 Å². The molecule has 1 saturated heterocycles. The molecule has 0 saturated carbocycles. The first-order valence-electron chi connectivity index (χ1n) is 6.67. The van der Waals surface area contributed by atoms with Gasteiger partial charge in [-0.05, 0) is 50.8 Å². The number of nitrogens with two attached hydrogens (primary N) is 1. The molecule has 1 aliphatic heterocycles. The number of benzene rings is 1. The van der Waals surface area contributed by atoms with Gasteiger partial charge >= 0.3 is 0 Å². The van der Waals surface area contributed by atoms with Crippen LogP contribution in [-0.2, 0) is 10.0 Å². The first-order chi connectivity index (χ1) is 9.21. The van der Waals surface area contributed by atoms with E-state index in [0.29, 0.717) is 11.1 Å². The third kappa shape index (κ3) is 2.71. The first-order valence-corrected chi connectivity index (χ1v) is 8.21. The minimum absolute atomic E-state index is 0.0262. The van der Waals surface area contributed by atoms with Crippen molar-refractivity contribution in [1.29, 1.82) is 0 Å². The Labute approximate surface area is 119 Å². The lowest BCUT2D eigenvalue weighted by atomic mass is 10.0. The maximum atomic E-state index is 12.6. The molecule has 0 bridgehead atoms. The standard InChI is InChI=1S/C14H20N2O3S/c1-9-7-10(2)13(20(15,18)19)8-12(9)14(17)16-6-4-5-11(16)3/h7-8,11H,4-6H2,1-3H3,(H2,15,18,19). The number of carbonyl (C=O) groups is 1. The lowest BCUT2D eigenvalue weighted by Crippen LogP contribution is -2.34. The predicted molar refractivity (Wildman–Crippen MR) is 77.0 cm³/mol. The fourth-order valence-electron chi connectivity index (χ4n) is 2.76. The van der Waals surface area contributed by atoms with Gasteiger partial charge in [-0.2, -0.15) is 0 Å². The quantitative estimate of drug-likeness (QED) is 0.899. The van der Waals surface area contributed by atoms with Crippen LogP contribution in [0.15, 0.2) is 17.0 Å². The molecule has 1 unspecified atom stereocenters. The minimum atomic E-state index is -3.81. The Morgan fingerprint density at radius 3 is 2.45 bits per heavy atom. The van der Waals surface area contributed by atoms with E-state index in [4.69, 9.17) is 5.14 Å². The molecule has 1 aromatic rings. The lowest BCUT2D eigenvalue weighted by Gasteiger charge is -2.23. The van der Waals surface area contributed by atoms with Crippen molar-refractivity contribution in [3.8, 4) is 0 Å². The maximum absolute atomic E-state index is 12.6. The molecular formula is C14H20N2O3S. The average Bonchev–Trinajstić information content (AvgIpc) is 2.73. The van der Waals surface area contributed by atoms with Crippen molar-refractivity contribution in [1.82, 2.24) is 4.90 Å². The van der Waals surface area contributed by atoms with Crippen LogP contribution in [0.5, 0.6) is 0 Å². The van der Waals surface area contributed by atoms with Crippen molar-refractivity contribution >= 4 is 15.9 Å². The molecular weight excluding hydrogens is 276 g/mol. The van der Waals surface area contributed by atoms with E-state index in [0.717, 1.165) is 24.9 Å². The fraction of sp³-hybridized carbons (Fsp3) is 0.500. The Morgan fingerprint density at radius 2 is 1.95 bits per heavy atom. The Kier molecular flexibility index (Phi) is 3.88. The molecule has 1 aromatic carbocycles. The Hall–Kier alpha value is -1.40. The maximum Gasteiger partial charge on any atom is 0.254 e. The van der Waals surface area contributed by atoms with E-state index in [1.54, 1.807) is 17.9 Å². The van der Waals surface area contributed by atoms with Crippen LogP contribution >= 0.6 is 0 Å². The second-order valence-electron chi connectivity index (χ2n) is 5.47. The van der Waals surface area contributed by atoms with Crippen LogP contribution in [0.2, 0.25) is 0 Å². The zero-order valence-corrected chi connectivity index (χ0v) is 12.8. The molecule has 0 radical (unpaired) electrons. The van der Waals surface area contributed by atoms with Crippen LogP contribution < -0.4 is 5.14 Å². The van der Waals surface area contributed by atoms with Crippen LogP contribution in [-0.4, -0.2) is 31.8 Å². The molecule has 0 spiro atoms. The van der Waals surface area contributed by atoms with Crippen LogP contribution in [0.1, 0.15) is 41.3 Å². The zero-order chi connectivity index (χ0) is 15.1. The van der Waals surface area contributed by atoms with E-state index >= 15 is 0 Å². The smallest absolute Gasteiger partial charge is 0.254 e. The van der Waals surface area contributed by atoms with Crippen LogP contribution in [0.3, 0.4) is 0 Å². The lowest BCUT2D eigenvalue weighted by molar-refractivity contribution is 0.0746. The fourth-order valence-corrected chi connectivity index (χ4v) is 3.55. The van der Waals surface area contributed by atoms with Gasteiger partial charge in [0.05, 0.1) is 4.90 Å².